The minimum absolute atomic E-state index is 0.134. The van der Waals surface area contributed by atoms with Crippen molar-refractivity contribution < 1.29 is 9.47 Å². The average molecular weight is 261 g/mol. The minimum atomic E-state index is 0.134. The second-order valence-electron chi connectivity index (χ2n) is 4.59. The van der Waals surface area contributed by atoms with Gasteiger partial charge in [0.15, 0.2) is 11.5 Å². The maximum atomic E-state index is 5.46. The van der Waals surface area contributed by atoms with E-state index < -0.39 is 0 Å². The summed E-state index contributed by atoms with van der Waals surface area (Å²) in [5.74, 6) is 4.27. The average Bonchev–Trinajstić information content (AvgIpc) is 2.44. The smallest absolute Gasteiger partial charge is 0.160 e. The van der Waals surface area contributed by atoms with Gasteiger partial charge in [0.1, 0.15) is 0 Å². The summed E-state index contributed by atoms with van der Waals surface area (Å²) in [5, 5.41) is 3.42. The standard InChI is InChI=1S/C16H23NO2/c1-6-14(7-2)17-12(3)10-13-8-9-15(18-4)16(11-13)19-5/h1,8-9,11-12,14,17H,7,10H2,2-5H3. The first-order chi connectivity index (χ1) is 9.14. The second kappa shape index (κ2) is 7.70. The van der Waals surface area contributed by atoms with Gasteiger partial charge in [-0.25, -0.2) is 0 Å². The number of ether oxygens (including phenoxy) is 2. The van der Waals surface area contributed by atoms with Crippen LogP contribution in [0.3, 0.4) is 0 Å². The van der Waals surface area contributed by atoms with Gasteiger partial charge in [0, 0.05) is 6.04 Å². The van der Waals surface area contributed by atoms with Crippen molar-refractivity contribution in [1.82, 2.24) is 5.32 Å². The molecule has 1 aromatic carbocycles. The fraction of sp³-hybridized carbons (Fsp3) is 0.500. The van der Waals surface area contributed by atoms with E-state index in [-0.39, 0.29) is 6.04 Å². The molecular weight excluding hydrogens is 238 g/mol. The van der Waals surface area contributed by atoms with Crippen LogP contribution in [0.1, 0.15) is 25.8 Å². The number of hydrogen-bond acceptors (Lipinski definition) is 3. The van der Waals surface area contributed by atoms with Crippen LogP contribution in [0.15, 0.2) is 18.2 Å². The summed E-state index contributed by atoms with van der Waals surface area (Å²) < 4.78 is 10.5. The van der Waals surface area contributed by atoms with Crippen LogP contribution < -0.4 is 14.8 Å². The van der Waals surface area contributed by atoms with Crippen molar-refractivity contribution in [1.29, 1.82) is 0 Å². The normalized spacial score (nSPS) is 13.4. The molecule has 1 N–H and O–H groups in total. The second-order valence-corrected chi connectivity index (χ2v) is 4.59. The third-order valence-electron chi connectivity index (χ3n) is 3.08. The van der Waals surface area contributed by atoms with Crippen LogP contribution in [0, 0.1) is 12.3 Å². The Bertz CT molecular complexity index is 437. The summed E-state index contributed by atoms with van der Waals surface area (Å²) in [6, 6.07) is 6.44. The maximum absolute atomic E-state index is 5.46. The van der Waals surface area contributed by atoms with Gasteiger partial charge >= 0.3 is 0 Å². The Hall–Kier alpha value is -1.66. The number of nitrogens with one attached hydrogen (secondary N) is 1. The van der Waals surface area contributed by atoms with E-state index in [1.807, 2.05) is 12.1 Å². The quantitative estimate of drug-likeness (QED) is 0.765. The Morgan fingerprint density at radius 1 is 1.26 bits per heavy atom. The minimum Gasteiger partial charge on any atom is -0.493 e. The Labute approximate surface area is 116 Å². The number of hydrogen-bond donors (Lipinski definition) is 1. The maximum Gasteiger partial charge on any atom is 0.160 e. The van der Waals surface area contributed by atoms with Crippen molar-refractivity contribution in [2.75, 3.05) is 14.2 Å². The van der Waals surface area contributed by atoms with E-state index in [0.717, 1.165) is 24.3 Å². The molecule has 0 aliphatic rings. The molecule has 0 aromatic heterocycles. The van der Waals surface area contributed by atoms with Crippen LogP contribution in [0.5, 0.6) is 11.5 Å². The highest BCUT2D eigenvalue weighted by molar-refractivity contribution is 5.43. The van der Waals surface area contributed by atoms with Gasteiger partial charge in [0.2, 0.25) is 0 Å². The molecule has 0 radical (unpaired) electrons. The van der Waals surface area contributed by atoms with E-state index in [2.05, 4.69) is 31.2 Å². The van der Waals surface area contributed by atoms with Gasteiger partial charge in [-0.05, 0) is 37.5 Å². The summed E-state index contributed by atoms with van der Waals surface area (Å²) in [7, 11) is 3.29. The summed E-state index contributed by atoms with van der Waals surface area (Å²) in [6.07, 6.45) is 7.30. The van der Waals surface area contributed by atoms with Crippen molar-refractivity contribution in [2.45, 2.75) is 38.8 Å². The molecule has 19 heavy (non-hydrogen) atoms. The lowest BCUT2D eigenvalue weighted by Crippen LogP contribution is -2.36. The topological polar surface area (TPSA) is 30.5 Å². The number of terminal acetylenes is 1. The molecule has 0 heterocycles. The molecule has 104 valence electrons. The predicted octanol–water partition coefficient (Wildman–Crippen LogP) is 2.64. The summed E-state index contributed by atoms with van der Waals surface area (Å²) in [4.78, 5) is 0. The van der Waals surface area contributed by atoms with Crippen LogP contribution in [0.2, 0.25) is 0 Å². The fourth-order valence-electron chi connectivity index (χ4n) is 2.05. The van der Waals surface area contributed by atoms with Crippen LogP contribution in [-0.2, 0) is 6.42 Å². The molecule has 3 nitrogen and oxygen atoms in total. The Balaban J connectivity index is 2.69. The van der Waals surface area contributed by atoms with E-state index in [4.69, 9.17) is 15.9 Å². The van der Waals surface area contributed by atoms with E-state index in [1.54, 1.807) is 14.2 Å². The van der Waals surface area contributed by atoms with Crippen molar-refractivity contribution in [3.63, 3.8) is 0 Å². The van der Waals surface area contributed by atoms with Crippen LogP contribution in [-0.4, -0.2) is 26.3 Å². The third kappa shape index (κ3) is 4.50. The third-order valence-corrected chi connectivity index (χ3v) is 3.08. The van der Waals surface area contributed by atoms with Gasteiger partial charge in [-0.1, -0.05) is 18.9 Å². The first-order valence-corrected chi connectivity index (χ1v) is 6.57. The number of rotatable bonds is 7. The first kappa shape index (κ1) is 15.4. The monoisotopic (exact) mass is 261 g/mol. The van der Waals surface area contributed by atoms with Gasteiger partial charge in [0.05, 0.1) is 20.3 Å². The van der Waals surface area contributed by atoms with Gasteiger partial charge in [-0.2, -0.15) is 0 Å². The predicted molar refractivity (Wildman–Crippen MR) is 78.8 cm³/mol. The molecule has 0 saturated carbocycles. The van der Waals surface area contributed by atoms with Gasteiger partial charge < -0.3 is 14.8 Å². The van der Waals surface area contributed by atoms with Gasteiger partial charge in [-0.15, -0.1) is 6.42 Å². The molecule has 0 spiro atoms. The zero-order chi connectivity index (χ0) is 14.3. The van der Waals surface area contributed by atoms with E-state index in [9.17, 15) is 0 Å². The van der Waals surface area contributed by atoms with E-state index >= 15 is 0 Å². The van der Waals surface area contributed by atoms with Crippen molar-refractivity contribution >= 4 is 0 Å². The number of methoxy groups -OCH3 is 2. The molecule has 1 rings (SSSR count). The highest BCUT2D eigenvalue weighted by Crippen LogP contribution is 2.27. The molecule has 0 aliphatic carbocycles. The summed E-state index contributed by atoms with van der Waals surface area (Å²) in [5.41, 5.74) is 1.20. The highest BCUT2D eigenvalue weighted by Gasteiger charge is 2.10. The van der Waals surface area contributed by atoms with Crippen molar-refractivity contribution in [3.8, 4) is 23.8 Å². The fourth-order valence-corrected chi connectivity index (χ4v) is 2.05. The summed E-state index contributed by atoms with van der Waals surface area (Å²) >= 11 is 0. The van der Waals surface area contributed by atoms with Crippen LogP contribution in [0.25, 0.3) is 0 Å². The molecule has 0 amide bonds. The van der Waals surface area contributed by atoms with Gasteiger partial charge in [-0.3, -0.25) is 0 Å². The summed E-state index contributed by atoms with van der Waals surface area (Å²) in [6.45, 7) is 4.22. The van der Waals surface area contributed by atoms with Crippen molar-refractivity contribution in [2.24, 2.45) is 0 Å². The van der Waals surface area contributed by atoms with E-state index in [1.165, 1.54) is 5.56 Å². The lowest BCUT2D eigenvalue weighted by molar-refractivity contribution is 0.354. The Morgan fingerprint density at radius 3 is 2.47 bits per heavy atom. The van der Waals surface area contributed by atoms with Crippen LogP contribution in [0.4, 0.5) is 0 Å². The molecule has 0 bridgehead atoms. The molecule has 2 unspecified atom stereocenters. The zero-order valence-electron chi connectivity index (χ0n) is 12.2. The molecule has 3 heteroatoms. The molecular formula is C16H23NO2. The van der Waals surface area contributed by atoms with Gasteiger partial charge in [0.25, 0.3) is 0 Å². The lowest BCUT2D eigenvalue weighted by Gasteiger charge is -2.18. The highest BCUT2D eigenvalue weighted by atomic mass is 16.5. The molecule has 2 atom stereocenters. The molecule has 1 aromatic rings. The largest absolute Gasteiger partial charge is 0.493 e. The van der Waals surface area contributed by atoms with Crippen LogP contribution >= 0.6 is 0 Å². The molecule has 0 saturated heterocycles. The first-order valence-electron chi connectivity index (χ1n) is 6.57. The molecule has 0 fully saturated rings. The SMILES string of the molecule is C#CC(CC)NC(C)Cc1ccc(OC)c(OC)c1. The van der Waals surface area contributed by atoms with Crippen molar-refractivity contribution in [3.05, 3.63) is 23.8 Å². The molecule has 0 aliphatic heterocycles. The van der Waals surface area contributed by atoms with E-state index in [0.29, 0.717) is 6.04 Å². The Kier molecular flexibility index (Phi) is 6.24. The Morgan fingerprint density at radius 2 is 1.95 bits per heavy atom. The zero-order valence-corrected chi connectivity index (χ0v) is 12.2. The number of benzene rings is 1. The lowest BCUT2D eigenvalue weighted by atomic mass is 10.1.